The number of nitrogens with one attached hydrogen (secondary N) is 1. The van der Waals surface area contributed by atoms with E-state index < -0.39 is 10.0 Å². The van der Waals surface area contributed by atoms with Gasteiger partial charge in [-0.2, -0.15) is 0 Å². The second-order valence-electron chi connectivity index (χ2n) is 4.74. The third kappa shape index (κ3) is 3.62. The summed E-state index contributed by atoms with van der Waals surface area (Å²) in [5, 5.41) is 10.1. The Kier molecular flexibility index (Phi) is 4.91. The van der Waals surface area contributed by atoms with Gasteiger partial charge in [0.15, 0.2) is 0 Å². The lowest BCUT2D eigenvalue weighted by Gasteiger charge is -2.15. The van der Waals surface area contributed by atoms with E-state index in [1.165, 1.54) is 38.5 Å². The Morgan fingerprint density at radius 1 is 1.09 bits per heavy atom. The fourth-order valence-electron chi connectivity index (χ4n) is 2.02. The summed E-state index contributed by atoms with van der Waals surface area (Å²) in [4.78, 5) is -0.109. The van der Waals surface area contributed by atoms with E-state index in [1.807, 2.05) is 0 Å². The SMILES string of the molecule is COc1cc(S(=O)(=O)Nc2cc(Cl)ccc2O)c(OC)cc1C. The van der Waals surface area contributed by atoms with E-state index in [4.69, 9.17) is 21.1 Å². The number of aromatic hydroxyl groups is 1. The van der Waals surface area contributed by atoms with Gasteiger partial charge in [-0.25, -0.2) is 8.42 Å². The van der Waals surface area contributed by atoms with Crippen molar-refractivity contribution in [3.63, 3.8) is 0 Å². The maximum atomic E-state index is 12.6. The van der Waals surface area contributed by atoms with Crippen LogP contribution in [0.1, 0.15) is 5.56 Å². The van der Waals surface area contributed by atoms with Crippen molar-refractivity contribution in [1.82, 2.24) is 0 Å². The molecule has 6 nitrogen and oxygen atoms in total. The van der Waals surface area contributed by atoms with E-state index in [-0.39, 0.29) is 27.1 Å². The maximum Gasteiger partial charge on any atom is 0.265 e. The number of hydrogen-bond acceptors (Lipinski definition) is 5. The number of methoxy groups -OCH3 is 2. The predicted molar refractivity (Wildman–Crippen MR) is 88.2 cm³/mol. The molecule has 0 saturated carbocycles. The van der Waals surface area contributed by atoms with Crippen LogP contribution in [0.2, 0.25) is 5.02 Å². The topological polar surface area (TPSA) is 84.9 Å². The summed E-state index contributed by atoms with van der Waals surface area (Å²) in [6, 6.07) is 6.98. The molecular weight excluding hydrogens is 342 g/mol. The quantitative estimate of drug-likeness (QED) is 0.803. The predicted octanol–water partition coefficient (Wildman–Crippen LogP) is 3.17. The fourth-order valence-corrected chi connectivity index (χ4v) is 3.43. The van der Waals surface area contributed by atoms with Crippen molar-refractivity contribution >= 4 is 27.3 Å². The molecule has 0 bridgehead atoms. The van der Waals surface area contributed by atoms with Crippen molar-refractivity contribution in [2.45, 2.75) is 11.8 Å². The van der Waals surface area contributed by atoms with E-state index in [0.29, 0.717) is 5.75 Å². The summed E-state index contributed by atoms with van der Waals surface area (Å²) in [5.74, 6) is 0.329. The zero-order chi connectivity index (χ0) is 17.2. The van der Waals surface area contributed by atoms with E-state index in [0.717, 1.165) is 5.56 Å². The molecule has 23 heavy (non-hydrogen) atoms. The molecule has 0 atom stereocenters. The lowest BCUT2D eigenvalue weighted by molar-refractivity contribution is 0.390. The number of ether oxygens (including phenoxy) is 2. The zero-order valence-corrected chi connectivity index (χ0v) is 14.3. The number of phenolic OH excluding ortho intramolecular Hbond substituents is 1. The normalized spacial score (nSPS) is 11.1. The van der Waals surface area contributed by atoms with Gasteiger partial charge in [-0.15, -0.1) is 0 Å². The molecule has 0 aromatic heterocycles. The molecule has 2 aromatic carbocycles. The number of aryl methyl sites for hydroxylation is 1. The smallest absolute Gasteiger partial charge is 0.265 e. The van der Waals surface area contributed by atoms with Crippen molar-refractivity contribution in [3.05, 3.63) is 40.9 Å². The standard InChI is InChI=1S/C15H16ClNO5S/c1-9-6-14(22-3)15(8-13(9)21-2)23(19,20)17-11-7-10(16)4-5-12(11)18/h4-8,17-18H,1-3H3. The number of anilines is 1. The third-order valence-electron chi connectivity index (χ3n) is 3.17. The van der Waals surface area contributed by atoms with Crippen molar-refractivity contribution in [1.29, 1.82) is 0 Å². The molecule has 0 aliphatic heterocycles. The molecule has 0 heterocycles. The molecule has 0 aliphatic rings. The van der Waals surface area contributed by atoms with Crippen LogP contribution in [0.3, 0.4) is 0 Å². The zero-order valence-electron chi connectivity index (χ0n) is 12.8. The maximum absolute atomic E-state index is 12.6. The number of halogens is 1. The van der Waals surface area contributed by atoms with Gasteiger partial charge < -0.3 is 14.6 Å². The first-order valence-electron chi connectivity index (χ1n) is 6.52. The van der Waals surface area contributed by atoms with Gasteiger partial charge in [-0.1, -0.05) is 11.6 Å². The minimum atomic E-state index is -4.02. The monoisotopic (exact) mass is 357 g/mol. The van der Waals surface area contributed by atoms with Crippen LogP contribution >= 0.6 is 11.6 Å². The van der Waals surface area contributed by atoms with Gasteiger partial charge in [-0.05, 0) is 36.8 Å². The summed E-state index contributed by atoms with van der Waals surface area (Å²) in [5.41, 5.74) is 0.702. The van der Waals surface area contributed by atoms with E-state index in [9.17, 15) is 13.5 Å². The molecule has 0 saturated heterocycles. The molecular formula is C15H16ClNO5S. The molecule has 124 valence electrons. The van der Waals surface area contributed by atoms with Crippen molar-refractivity contribution in [2.75, 3.05) is 18.9 Å². The number of sulfonamides is 1. The number of rotatable bonds is 5. The Morgan fingerprint density at radius 2 is 1.74 bits per heavy atom. The Hall–Kier alpha value is -2.12. The average Bonchev–Trinajstić information content (AvgIpc) is 2.50. The van der Waals surface area contributed by atoms with Crippen LogP contribution in [0.25, 0.3) is 0 Å². The summed E-state index contributed by atoms with van der Waals surface area (Å²) in [7, 11) is -1.20. The lowest BCUT2D eigenvalue weighted by atomic mass is 10.2. The number of phenols is 1. The van der Waals surface area contributed by atoms with Gasteiger partial charge in [0.2, 0.25) is 0 Å². The lowest BCUT2D eigenvalue weighted by Crippen LogP contribution is -2.14. The second-order valence-corrected chi connectivity index (χ2v) is 6.83. The van der Waals surface area contributed by atoms with Crippen molar-refractivity contribution in [2.24, 2.45) is 0 Å². The van der Waals surface area contributed by atoms with Crippen LogP contribution in [0.15, 0.2) is 35.2 Å². The number of benzene rings is 2. The minimum Gasteiger partial charge on any atom is -0.506 e. The van der Waals surface area contributed by atoms with Crippen molar-refractivity contribution < 1.29 is 23.0 Å². The molecule has 0 amide bonds. The highest BCUT2D eigenvalue weighted by molar-refractivity contribution is 7.92. The summed E-state index contributed by atoms with van der Waals surface area (Å²) < 4.78 is 37.8. The molecule has 0 aliphatic carbocycles. The summed E-state index contributed by atoms with van der Waals surface area (Å²) in [6.07, 6.45) is 0. The van der Waals surface area contributed by atoms with Gasteiger partial charge in [-0.3, -0.25) is 4.72 Å². The molecule has 0 spiro atoms. The fraction of sp³-hybridized carbons (Fsp3) is 0.200. The molecule has 0 unspecified atom stereocenters. The Bertz CT molecular complexity index is 836. The van der Waals surface area contributed by atoms with E-state index >= 15 is 0 Å². The van der Waals surface area contributed by atoms with Crippen LogP contribution in [0.5, 0.6) is 17.2 Å². The Balaban J connectivity index is 2.53. The van der Waals surface area contributed by atoms with Gasteiger partial charge in [0.25, 0.3) is 10.0 Å². The Labute approximate surface area is 139 Å². The van der Waals surface area contributed by atoms with E-state index in [1.54, 1.807) is 13.0 Å². The highest BCUT2D eigenvalue weighted by Crippen LogP contribution is 2.34. The van der Waals surface area contributed by atoms with Crippen LogP contribution in [-0.4, -0.2) is 27.7 Å². The van der Waals surface area contributed by atoms with Crippen LogP contribution < -0.4 is 14.2 Å². The first kappa shape index (κ1) is 17.2. The molecule has 2 rings (SSSR count). The average molecular weight is 358 g/mol. The van der Waals surface area contributed by atoms with Gasteiger partial charge in [0.1, 0.15) is 22.1 Å². The molecule has 0 fully saturated rings. The first-order valence-corrected chi connectivity index (χ1v) is 8.38. The summed E-state index contributed by atoms with van der Waals surface area (Å²) >= 11 is 5.83. The van der Waals surface area contributed by atoms with Gasteiger partial charge >= 0.3 is 0 Å². The highest BCUT2D eigenvalue weighted by atomic mass is 35.5. The van der Waals surface area contributed by atoms with Crippen LogP contribution in [-0.2, 0) is 10.0 Å². The molecule has 2 aromatic rings. The largest absolute Gasteiger partial charge is 0.506 e. The van der Waals surface area contributed by atoms with Gasteiger partial charge in [0, 0.05) is 11.1 Å². The van der Waals surface area contributed by atoms with E-state index in [2.05, 4.69) is 4.72 Å². The van der Waals surface area contributed by atoms with Crippen LogP contribution in [0, 0.1) is 6.92 Å². The Morgan fingerprint density at radius 3 is 2.35 bits per heavy atom. The minimum absolute atomic E-state index is 0.0286. The highest BCUT2D eigenvalue weighted by Gasteiger charge is 2.23. The van der Waals surface area contributed by atoms with Crippen molar-refractivity contribution in [3.8, 4) is 17.2 Å². The molecule has 0 radical (unpaired) electrons. The molecule has 8 heteroatoms. The second kappa shape index (κ2) is 6.55. The molecule has 2 N–H and O–H groups in total. The van der Waals surface area contributed by atoms with Crippen LogP contribution in [0.4, 0.5) is 5.69 Å². The third-order valence-corrected chi connectivity index (χ3v) is 4.80. The number of hydrogen-bond donors (Lipinski definition) is 2. The van der Waals surface area contributed by atoms with Gasteiger partial charge in [0.05, 0.1) is 19.9 Å². The summed E-state index contributed by atoms with van der Waals surface area (Å²) in [6.45, 7) is 1.77. The first-order chi connectivity index (χ1) is 10.8.